The Balaban J connectivity index is 1.78. The van der Waals surface area contributed by atoms with E-state index in [-0.39, 0.29) is 0 Å². The van der Waals surface area contributed by atoms with Gasteiger partial charge in [0, 0.05) is 0 Å². The third kappa shape index (κ3) is 5.99. The largest absolute Gasteiger partial charge is 0.497 e. The molecule has 5 aromatic carbocycles. The molecule has 5 rings (SSSR count). The summed E-state index contributed by atoms with van der Waals surface area (Å²) in [4.78, 5) is 0. The van der Waals surface area contributed by atoms with Crippen molar-refractivity contribution < 1.29 is 18.9 Å². The first-order valence-corrected chi connectivity index (χ1v) is 15.6. The molecule has 0 aliphatic heterocycles. The van der Waals surface area contributed by atoms with E-state index in [1.54, 1.807) is 28.4 Å². The van der Waals surface area contributed by atoms with Crippen LogP contribution in [0.1, 0.15) is 0 Å². The zero-order valence-electron chi connectivity index (χ0n) is 23.1. The number of rotatable bonds is 10. The standard InChI is InChI=1S/C34H32O4P2/c1-35-25-11-7-15-29(21-25)39(30-16-8-12-26(22-30)36-2)33-19-5-6-20-34(33)40(31-17-9-13-27(23-31)37-3)32-18-10-14-28(24-32)38-4/h5-24H,1-4H3. The molecule has 0 atom stereocenters. The van der Waals surface area contributed by atoms with E-state index < -0.39 is 15.8 Å². The molecular formula is C34H32O4P2. The fourth-order valence-electron chi connectivity index (χ4n) is 4.70. The van der Waals surface area contributed by atoms with Crippen LogP contribution < -0.4 is 50.8 Å². The van der Waals surface area contributed by atoms with E-state index in [0.717, 1.165) is 23.0 Å². The van der Waals surface area contributed by atoms with Crippen LogP contribution in [0.15, 0.2) is 121 Å². The summed E-state index contributed by atoms with van der Waals surface area (Å²) >= 11 is 0. The van der Waals surface area contributed by atoms with Crippen molar-refractivity contribution in [3.63, 3.8) is 0 Å². The second-order valence-corrected chi connectivity index (χ2v) is 13.3. The van der Waals surface area contributed by atoms with Gasteiger partial charge in [-0.2, -0.15) is 0 Å². The quantitative estimate of drug-likeness (QED) is 0.217. The molecule has 0 bridgehead atoms. The number of ether oxygens (including phenoxy) is 4. The highest BCUT2D eigenvalue weighted by molar-refractivity contribution is 7.85. The van der Waals surface area contributed by atoms with Crippen LogP contribution in [-0.2, 0) is 0 Å². The highest BCUT2D eigenvalue weighted by Crippen LogP contribution is 2.40. The normalized spacial score (nSPS) is 10.9. The van der Waals surface area contributed by atoms with Gasteiger partial charge in [0.1, 0.15) is 23.0 Å². The predicted octanol–water partition coefficient (Wildman–Crippen LogP) is 5.24. The van der Waals surface area contributed by atoms with Gasteiger partial charge in [0.15, 0.2) is 0 Å². The van der Waals surface area contributed by atoms with Crippen LogP contribution >= 0.6 is 15.8 Å². The van der Waals surface area contributed by atoms with E-state index in [4.69, 9.17) is 18.9 Å². The van der Waals surface area contributed by atoms with E-state index in [1.807, 2.05) is 24.3 Å². The molecule has 0 aliphatic carbocycles. The van der Waals surface area contributed by atoms with Gasteiger partial charge in [-0.15, -0.1) is 0 Å². The number of methoxy groups -OCH3 is 4. The lowest BCUT2D eigenvalue weighted by Crippen LogP contribution is -2.34. The van der Waals surface area contributed by atoms with Crippen molar-refractivity contribution in [2.75, 3.05) is 28.4 Å². The van der Waals surface area contributed by atoms with Gasteiger partial charge in [-0.25, -0.2) is 0 Å². The second kappa shape index (κ2) is 13.0. The maximum Gasteiger partial charge on any atom is 0.119 e. The average molecular weight is 567 g/mol. The Morgan fingerprint density at radius 1 is 0.350 bits per heavy atom. The molecule has 0 N–H and O–H groups in total. The molecule has 0 saturated heterocycles. The molecule has 6 heteroatoms. The molecule has 0 aromatic heterocycles. The van der Waals surface area contributed by atoms with Crippen molar-refractivity contribution in [1.82, 2.24) is 0 Å². The van der Waals surface area contributed by atoms with Crippen molar-refractivity contribution in [3.8, 4) is 23.0 Å². The van der Waals surface area contributed by atoms with Crippen molar-refractivity contribution in [2.45, 2.75) is 0 Å². The molecule has 0 spiro atoms. The molecule has 0 radical (unpaired) electrons. The minimum atomic E-state index is -0.953. The first kappa shape index (κ1) is 27.7. The van der Waals surface area contributed by atoms with E-state index in [9.17, 15) is 0 Å². The lowest BCUT2D eigenvalue weighted by atomic mass is 10.3. The van der Waals surface area contributed by atoms with Crippen LogP contribution in [0.4, 0.5) is 0 Å². The number of hydrogen-bond acceptors (Lipinski definition) is 4. The molecule has 5 aromatic rings. The number of hydrogen-bond donors (Lipinski definition) is 0. The average Bonchev–Trinajstić information content (AvgIpc) is 3.02. The Morgan fingerprint density at radius 2 is 0.625 bits per heavy atom. The summed E-state index contributed by atoms with van der Waals surface area (Å²) in [6.07, 6.45) is 0. The Labute approximate surface area is 239 Å². The fourth-order valence-corrected chi connectivity index (χ4v) is 10.0. The van der Waals surface area contributed by atoms with Crippen molar-refractivity contribution in [1.29, 1.82) is 0 Å². The second-order valence-electron chi connectivity index (χ2n) is 8.97. The summed E-state index contributed by atoms with van der Waals surface area (Å²) in [6, 6.07) is 42.5. The van der Waals surface area contributed by atoms with E-state index >= 15 is 0 Å². The first-order chi connectivity index (χ1) is 19.6. The predicted molar refractivity (Wildman–Crippen MR) is 170 cm³/mol. The molecule has 0 unspecified atom stereocenters. The van der Waals surface area contributed by atoms with Crippen LogP contribution in [-0.4, -0.2) is 28.4 Å². The van der Waals surface area contributed by atoms with Crippen LogP contribution in [0.2, 0.25) is 0 Å². The summed E-state index contributed by atoms with van der Waals surface area (Å²) in [5.41, 5.74) is 0. The summed E-state index contributed by atoms with van der Waals surface area (Å²) in [7, 11) is 4.95. The van der Waals surface area contributed by atoms with Crippen molar-refractivity contribution >= 4 is 47.7 Å². The van der Waals surface area contributed by atoms with Gasteiger partial charge in [-0.1, -0.05) is 72.8 Å². The minimum absolute atomic E-state index is 0.841. The van der Waals surface area contributed by atoms with Crippen molar-refractivity contribution in [3.05, 3.63) is 121 Å². The third-order valence-corrected chi connectivity index (χ3v) is 11.7. The summed E-state index contributed by atoms with van der Waals surface area (Å²) < 4.78 is 22.6. The lowest BCUT2D eigenvalue weighted by Gasteiger charge is -2.28. The Hall–Kier alpha value is -3.84. The monoisotopic (exact) mass is 566 g/mol. The van der Waals surface area contributed by atoms with E-state index in [2.05, 4.69) is 97.1 Å². The molecule has 0 aliphatic rings. The highest BCUT2D eigenvalue weighted by Gasteiger charge is 2.26. The Bertz CT molecular complexity index is 1370. The molecule has 40 heavy (non-hydrogen) atoms. The molecule has 202 valence electrons. The number of benzene rings is 5. The molecule has 0 amide bonds. The summed E-state index contributed by atoms with van der Waals surface area (Å²) in [5.74, 6) is 3.36. The SMILES string of the molecule is COc1cccc(P(c2cccc(OC)c2)c2ccccc2P(c2cccc(OC)c2)c2cccc(OC)c2)c1. The lowest BCUT2D eigenvalue weighted by molar-refractivity contribution is 0.415. The van der Waals surface area contributed by atoms with Crippen molar-refractivity contribution in [2.24, 2.45) is 0 Å². The maximum absolute atomic E-state index is 5.65. The topological polar surface area (TPSA) is 36.9 Å². The minimum Gasteiger partial charge on any atom is -0.497 e. The van der Waals surface area contributed by atoms with Crippen LogP contribution in [0, 0.1) is 0 Å². The fraction of sp³-hybridized carbons (Fsp3) is 0.118. The van der Waals surface area contributed by atoms with Gasteiger partial charge in [0.2, 0.25) is 0 Å². The van der Waals surface area contributed by atoms with Gasteiger partial charge >= 0.3 is 0 Å². The molecule has 0 heterocycles. The molecule has 0 fully saturated rings. The summed E-state index contributed by atoms with van der Waals surface area (Å²) in [5, 5.41) is 7.41. The van der Waals surface area contributed by atoms with Gasteiger partial charge in [0.25, 0.3) is 0 Å². The summed E-state index contributed by atoms with van der Waals surface area (Å²) in [6.45, 7) is 0. The third-order valence-electron chi connectivity index (χ3n) is 6.61. The van der Waals surface area contributed by atoms with Gasteiger partial charge in [-0.05, 0) is 96.2 Å². The Kier molecular flexibility index (Phi) is 9.01. The maximum atomic E-state index is 5.65. The van der Waals surface area contributed by atoms with Gasteiger partial charge in [0.05, 0.1) is 28.4 Å². The zero-order chi connectivity index (χ0) is 27.9. The highest BCUT2D eigenvalue weighted by atomic mass is 31.1. The van der Waals surface area contributed by atoms with Gasteiger partial charge < -0.3 is 18.9 Å². The molecule has 0 saturated carbocycles. The van der Waals surface area contributed by atoms with Crippen LogP contribution in [0.25, 0.3) is 0 Å². The van der Waals surface area contributed by atoms with E-state index in [1.165, 1.54) is 31.8 Å². The van der Waals surface area contributed by atoms with Crippen LogP contribution in [0.5, 0.6) is 23.0 Å². The smallest absolute Gasteiger partial charge is 0.119 e. The van der Waals surface area contributed by atoms with Crippen LogP contribution in [0.3, 0.4) is 0 Å². The molecule has 4 nitrogen and oxygen atoms in total. The Morgan fingerprint density at radius 3 is 0.875 bits per heavy atom. The first-order valence-electron chi connectivity index (χ1n) is 12.9. The molecular weight excluding hydrogens is 534 g/mol. The zero-order valence-corrected chi connectivity index (χ0v) is 24.9. The van der Waals surface area contributed by atoms with E-state index in [0.29, 0.717) is 0 Å². The van der Waals surface area contributed by atoms with Gasteiger partial charge in [-0.3, -0.25) is 0 Å².